The first kappa shape index (κ1) is 20.1. The number of fused-ring (bicyclic) bond motifs is 1. The van der Waals surface area contributed by atoms with Gasteiger partial charge in [0.15, 0.2) is 11.2 Å². The predicted octanol–water partition coefficient (Wildman–Crippen LogP) is 2.30. The van der Waals surface area contributed by atoms with E-state index in [1.54, 1.807) is 10.9 Å². The van der Waals surface area contributed by atoms with Gasteiger partial charge in [-0.15, -0.1) is 0 Å². The number of hydrogen-bond acceptors (Lipinski definition) is 5. The largest absolute Gasteiger partial charge is 0.461 e. The Labute approximate surface area is 173 Å². The van der Waals surface area contributed by atoms with Gasteiger partial charge in [0.25, 0.3) is 5.56 Å². The van der Waals surface area contributed by atoms with E-state index in [9.17, 15) is 14.4 Å². The van der Waals surface area contributed by atoms with Gasteiger partial charge in [0.1, 0.15) is 12.6 Å². The van der Waals surface area contributed by atoms with Crippen LogP contribution in [0.1, 0.15) is 44.6 Å². The first-order valence-electron chi connectivity index (χ1n) is 10.5. The second-order valence-electron chi connectivity index (χ2n) is 7.70. The summed E-state index contributed by atoms with van der Waals surface area (Å²) in [4.78, 5) is 43.2. The van der Waals surface area contributed by atoms with Crippen molar-refractivity contribution in [3.05, 3.63) is 63.1 Å². The number of carbonyl (C=O) groups is 1. The van der Waals surface area contributed by atoms with Gasteiger partial charge in [-0.1, -0.05) is 36.8 Å². The number of aromatic nitrogens is 4. The second-order valence-corrected chi connectivity index (χ2v) is 7.70. The SMILES string of the molecule is CCn1cnc2c1c(=O)n(CC(=O)OC1CCCCC1)c(=O)n2Cc1ccccc1. The Kier molecular flexibility index (Phi) is 5.83. The average molecular weight is 410 g/mol. The highest BCUT2D eigenvalue weighted by molar-refractivity contribution is 5.72. The van der Waals surface area contributed by atoms with E-state index in [1.165, 1.54) is 4.57 Å². The minimum atomic E-state index is -0.557. The number of rotatable bonds is 6. The summed E-state index contributed by atoms with van der Waals surface area (Å²) in [5.41, 5.74) is 0.477. The lowest BCUT2D eigenvalue weighted by atomic mass is 9.98. The Hall–Kier alpha value is -3.16. The van der Waals surface area contributed by atoms with E-state index in [-0.39, 0.29) is 12.6 Å². The molecule has 0 aliphatic heterocycles. The number of esters is 1. The van der Waals surface area contributed by atoms with E-state index < -0.39 is 23.8 Å². The highest BCUT2D eigenvalue weighted by Gasteiger charge is 2.22. The Morgan fingerprint density at radius 2 is 1.83 bits per heavy atom. The summed E-state index contributed by atoms with van der Waals surface area (Å²) >= 11 is 0. The third-order valence-corrected chi connectivity index (χ3v) is 5.65. The number of hydrogen-bond donors (Lipinski definition) is 0. The molecule has 0 bridgehead atoms. The fourth-order valence-corrected chi connectivity index (χ4v) is 4.06. The fourth-order valence-electron chi connectivity index (χ4n) is 4.06. The third kappa shape index (κ3) is 3.94. The molecule has 2 aromatic heterocycles. The Morgan fingerprint density at radius 1 is 1.10 bits per heavy atom. The lowest BCUT2D eigenvalue weighted by molar-refractivity contribution is -0.151. The molecule has 0 atom stereocenters. The molecular formula is C22H26N4O4. The van der Waals surface area contributed by atoms with Gasteiger partial charge in [-0.2, -0.15) is 0 Å². The van der Waals surface area contributed by atoms with Gasteiger partial charge in [-0.3, -0.25) is 14.2 Å². The normalized spacial score (nSPS) is 14.8. The van der Waals surface area contributed by atoms with E-state index >= 15 is 0 Å². The number of nitrogens with zero attached hydrogens (tertiary/aromatic N) is 4. The fraction of sp³-hybridized carbons (Fsp3) is 0.455. The zero-order chi connectivity index (χ0) is 21.1. The van der Waals surface area contributed by atoms with Crippen LogP contribution in [-0.2, 0) is 29.2 Å². The van der Waals surface area contributed by atoms with Gasteiger partial charge >= 0.3 is 11.7 Å². The van der Waals surface area contributed by atoms with Crippen LogP contribution in [0.25, 0.3) is 11.2 Å². The van der Waals surface area contributed by atoms with Crippen molar-refractivity contribution in [2.24, 2.45) is 0 Å². The summed E-state index contributed by atoms with van der Waals surface area (Å²) < 4.78 is 9.67. The van der Waals surface area contributed by atoms with Crippen LogP contribution < -0.4 is 11.2 Å². The Bertz CT molecular complexity index is 1150. The number of aryl methyl sites for hydroxylation is 1. The molecular weight excluding hydrogens is 384 g/mol. The maximum absolute atomic E-state index is 13.2. The van der Waals surface area contributed by atoms with Crippen LogP contribution in [0.5, 0.6) is 0 Å². The molecule has 1 saturated carbocycles. The van der Waals surface area contributed by atoms with Gasteiger partial charge < -0.3 is 9.30 Å². The van der Waals surface area contributed by atoms with E-state index in [4.69, 9.17) is 4.74 Å². The van der Waals surface area contributed by atoms with Crippen molar-refractivity contribution in [1.82, 2.24) is 18.7 Å². The quantitative estimate of drug-likeness (QED) is 0.582. The molecule has 4 rings (SSSR count). The van der Waals surface area contributed by atoms with Crippen LogP contribution in [0, 0.1) is 0 Å². The molecule has 2 heterocycles. The smallest absolute Gasteiger partial charge is 0.333 e. The van der Waals surface area contributed by atoms with Gasteiger partial charge in [0.2, 0.25) is 0 Å². The molecule has 0 radical (unpaired) electrons. The number of ether oxygens (including phenoxy) is 1. The second kappa shape index (κ2) is 8.69. The maximum Gasteiger partial charge on any atom is 0.333 e. The molecule has 0 unspecified atom stereocenters. The highest BCUT2D eigenvalue weighted by atomic mass is 16.5. The van der Waals surface area contributed by atoms with Crippen molar-refractivity contribution >= 4 is 17.1 Å². The van der Waals surface area contributed by atoms with Crippen LogP contribution in [-0.4, -0.2) is 30.8 Å². The van der Waals surface area contributed by atoms with Gasteiger partial charge in [-0.25, -0.2) is 14.3 Å². The summed E-state index contributed by atoms with van der Waals surface area (Å²) in [6.07, 6.45) is 6.31. The molecule has 3 aromatic rings. The van der Waals surface area contributed by atoms with E-state index in [0.29, 0.717) is 17.7 Å². The number of imidazole rings is 1. The summed E-state index contributed by atoms with van der Waals surface area (Å²) in [6.45, 7) is 2.29. The molecule has 8 nitrogen and oxygen atoms in total. The standard InChI is InChI=1S/C22H26N4O4/c1-2-24-15-23-20-19(24)21(28)26(14-18(27)30-17-11-7-4-8-12-17)22(29)25(20)13-16-9-5-3-6-10-16/h3,5-6,9-10,15,17H,2,4,7-8,11-14H2,1H3. The third-order valence-electron chi connectivity index (χ3n) is 5.65. The highest BCUT2D eigenvalue weighted by Crippen LogP contribution is 2.20. The monoisotopic (exact) mass is 410 g/mol. The molecule has 1 fully saturated rings. The number of carbonyl (C=O) groups excluding carboxylic acids is 1. The summed E-state index contributed by atoms with van der Waals surface area (Å²) in [5.74, 6) is -0.547. The van der Waals surface area contributed by atoms with Crippen LogP contribution in [0.15, 0.2) is 46.2 Å². The summed E-state index contributed by atoms with van der Waals surface area (Å²) in [5, 5.41) is 0. The van der Waals surface area contributed by atoms with Gasteiger partial charge in [0.05, 0.1) is 12.9 Å². The molecule has 8 heteroatoms. The first-order valence-corrected chi connectivity index (χ1v) is 10.5. The van der Waals surface area contributed by atoms with Crippen LogP contribution in [0.4, 0.5) is 0 Å². The molecule has 1 aromatic carbocycles. The lowest BCUT2D eigenvalue weighted by Gasteiger charge is -2.22. The minimum absolute atomic E-state index is 0.126. The average Bonchev–Trinajstić information content (AvgIpc) is 3.20. The van der Waals surface area contributed by atoms with Crippen molar-refractivity contribution in [2.45, 2.75) is 64.8 Å². The molecule has 0 spiro atoms. The van der Waals surface area contributed by atoms with Crippen molar-refractivity contribution in [3.63, 3.8) is 0 Å². The molecule has 158 valence electrons. The molecule has 1 aliphatic carbocycles. The van der Waals surface area contributed by atoms with Crippen molar-refractivity contribution in [3.8, 4) is 0 Å². The topological polar surface area (TPSA) is 88.1 Å². The van der Waals surface area contributed by atoms with Crippen molar-refractivity contribution in [1.29, 1.82) is 0 Å². The summed E-state index contributed by atoms with van der Waals surface area (Å²) in [6, 6.07) is 9.49. The molecule has 0 saturated heterocycles. The van der Waals surface area contributed by atoms with Crippen molar-refractivity contribution in [2.75, 3.05) is 0 Å². The first-order chi connectivity index (χ1) is 14.6. The van der Waals surface area contributed by atoms with Crippen LogP contribution >= 0.6 is 0 Å². The zero-order valence-electron chi connectivity index (χ0n) is 17.1. The molecule has 0 N–H and O–H groups in total. The zero-order valence-corrected chi connectivity index (χ0v) is 17.1. The predicted molar refractivity (Wildman–Crippen MR) is 112 cm³/mol. The minimum Gasteiger partial charge on any atom is -0.461 e. The molecule has 30 heavy (non-hydrogen) atoms. The van der Waals surface area contributed by atoms with Gasteiger partial charge in [-0.05, 0) is 38.2 Å². The van der Waals surface area contributed by atoms with Crippen LogP contribution in [0.2, 0.25) is 0 Å². The number of benzene rings is 1. The van der Waals surface area contributed by atoms with E-state index in [1.807, 2.05) is 37.3 Å². The van der Waals surface area contributed by atoms with Crippen molar-refractivity contribution < 1.29 is 9.53 Å². The molecule has 0 amide bonds. The Morgan fingerprint density at radius 3 is 2.53 bits per heavy atom. The molecule has 1 aliphatic rings. The maximum atomic E-state index is 13.2. The van der Waals surface area contributed by atoms with E-state index in [0.717, 1.165) is 42.2 Å². The van der Waals surface area contributed by atoms with Gasteiger partial charge in [0, 0.05) is 6.54 Å². The van der Waals surface area contributed by atoms with Crippen LogP contribution in [0.3, 0.4) is 0 Å². The summed E-state index contributed by atoms with van der Waals surface area (Å²) in [7, 11) is 0. The Balaban J connectivity index is 1.74. The lowest BCUT2D eigenvalue weighted by Crippen LogP contribution is -2.43. The van der Waals surface area contributed by atoms with E-state index in [2.05, 4.69) is 4.98 Å².